The molecule has 0 saturated carbocycles. The van der Waals surface area contributed by atoms with E-state index in [1.807, 2.05) is 6.92 Å². The average Bonchev–Trinajstić information content (AvgIpc) is 2.72. The molecule has 0 aliphatic carbocycles. The third kappa shape index (κ3) is 4.88. The van der Waals surface area contributed by atoms with E-state index in [1.165, 1.54) is 47.2 Å². The van der Waals surface area contributed by atoms with Gasteiger partial charge in [0.05, 0.1) is 4.90 Å². The summed E-state index contributed by atoms with van der Waals surface area (Å²) in [5.74, 6) is -0.761. The summed E-state index contributed by atoms with van der Waals surface area (Å²) in [5.41, 5.74) is 4.50. The number of amides is 1. The van der Waals surface area contributed by atoms with Crippen LogP contribution >= 0.6 is 0 Å². The number of hydrogen-bond donors (Lipinski definition) is 2. The van der Waals surface area contributed by atoms with Crippen molar-refractivity contribution < 1.29 is 13.2 Å². The number of rotatable bonds is 8. The van der Waals surface area contributed by atoms with Crippen LogP contribution < -0.4 is 21.9 Å². The molecule has 1 amide bonds. The van der Waals surface area contributed by atoms with Crippen LogP contribution in [0.2, 0.25) is 0 Å². The molecule has 0 aliphatic rings. The lowest BCUT2D eigenvalue weighted by molar-refractivity contribution is 0.0992. The highest BCUT2D eigenvalue weighted by molar-refractivity contribution is 7.89. The molecule has 0 radical (unpaired) electrons. The molecule has 0 unspecified atom stereocenters. The summed E-state index contributed by atoms with van der Waals surface area (Å²) in [5, 5.41) is 0. The van der Waals surface area contributed by atoms with E-state index in [0.29, 0.717) is 13.0 Å². The number of nitrogens with two attached hydrogens (primary N) is 1. The second-order valence-corrected chi connectivity index (χ2v) is 9.50. The standard InChI is InChI=1S/C20H29N5O5S/c1-6-7-11-25-17(21)16(18(26)22-20(25)28)23(4)19(27)14-9-8-10-15(12-14)31(29,30)24(5)13(2)3/h8-10,12-13H,6-7,11,21H2,1-5H3,(H,22,26,28). The number of nitrogens with one attached hydrogen (secondary N) is 1. The summed E-state index contributed by atoms with van der Waals surface area (Å²) < 4.78 is 27.9. The van der Waals surface area contributed by atoms with Gasteiger partial charge in [0, 0.05) is 32.2 Å². The maximum Gasteiger partial charge on any atom is 0.330 e. The van der Waals surface area contributed by atoms with Crippen molar-refractivity contribution in [1.29, 1.82) is 0 Å². The van der Waals surface area contributed by atoms with E-state index in [4.69, 9.17) is 5.73 Å². The van der Waals surface area contributed by atoms with Crippen molar-refractivity contribution in [2.45, 2.75) is 51.1 Å². The SMILES string of the molecule is CCCCn1c(N)c(N(C)C(=O)c2cccc(S(=O)(=O)N(C)C(C)C)c2)c(=O)[nH]c1=O. The lowest BCUT2D eigenvalue weighted by atomic mass is 10.2. The number of anilines is 2. The minimum atomic E-state index is -3.80. The summed E-state index contributed by atoms with van der Waals surface area (Å²) >= 11 is 0. The van der Waals surface area contributed by atoms with Crippen LogP contribution in [0.15, 0.2) is 38.8 Å². The number of unbranched alkanes of at least 4 members (excludes halogenated alkanes) is 1. The summed E-state index contributed by atoms with van der Waals surface area (Å²) in [6, 6.07) is 5.29. The molecule has 0 spiro atoms. The Morgan fingerprint density at radius 2 is 1.87 bits per heavy atom. The molecule has 1 aromatic carbocycles. The minimum absolute atomic E-state index is 0.0438. The van der Waals surface area contributed by atoms with Gasteiger partial charge in [0.1, 0.15) is 5.82 Å². The first kappa shape index (κ1) is 24.4. The van der Waals surface area contributed by atoms with Gasteiger partial charge in [-0.15, -0.1) is 0 Å². The van der Waals surface area contributed by atoms with Gasteiger partial charge in [-0.3, -0.25) is 19.1 Å². The van der Waals surface area contributed by atoms with Gasteiger partial charge < -0.3 is 10.6 Å². The van der Waals surface area contributed by atoms with Gasteiger partial charge in [-0.2, -0.15) is 4.31 Å². The molecule has 0 atom stereocenters. The Labute approximate surface area is 181 Å². The number of benzene rings is 1. The van der Waals surface area contributed by atoms with Gasteiger partial charge in [-0.05, 0) is 38.5 Å². The molecule has 170 valence electrons. The zero-order valence-corrected chi connectivity index (χ0v) is 19.2. The van der Waals surface area contributed by atoms with Crippen LogP contribution in [0.1, 0.15) is 44.0 Å². The van der Waals surface area contributed by atoms with Gasteiger partial charge in [-0.1, -0.05) is 19.4 Å². The van der Waals surface area contributed by atoms with E-state index in [0.717, 1.165) is 11.3 Å². The maximum absolute atomic E-state index is 13.1. The van der Waals surface area contributed by atoms with Crippen molar-refractivity contribution in [2.24, 2.45) is 0 Å². The topological polar surface area (TPSA) is 139 Å². The zero-order chi connectivity index (χ0) is 23.5. The molecular formula is C20H29N5O5S. The van der Waals surface area contributed by atoms with Crippen molar-refractivity contribution in [1.82, 2.24) is 13.9 Å². The van der Waals surface area contributed by atoms with Crippen molar-refractivity contribution >= 4 is 27.4 Å². The third-order valence-corrected chi connectivity index (χ3v) is 7.10. The number of nitrogen functional groups attached to an aromatic ring is 1. The quantitative estimate of drug-likeness (QED) is 0.619. The Kier molecular flexibility index (Phi) is 7.45. The number of aromatic amines is 1. The second kappa shape index (κ2) is 9.48. The number of sulfonamides is 1. The summed E-state index contributed by atoms with van der Waals surface area (Å²) in [6.07, 6.45) is 1.47. The Hall–Kier alpha value is -2.92. The highest BCUT2D eigenvalue weighted by Crippen LogP contribution is 2.21. The monoisotopic (exact) mass is 451 g/mol. The molecular weight excluding hydrogens is 422 g/mol. The van der Waals surface area contributed by atoms with Crippen LogP contribution in [0.25, 0.3) is 0 Å². The van der Waals surface area contributed by atoms with E-state index in [9.17, 15) is 22.8 Å². The predicted octanol–water partition coefficient (Wildman–Crippen LogP) is 1.22. The van der Waals surface area contributed by atoms with Crippen LogP contribution in [0, 0.1) is 0 Å². The molecule has 0 saturated heterocycles. The number of carbonyl (C=O) groups excluding carboxylic acids is 1. The first-order valence-electron chi connectivity index (χ1n) is 9.92. The molecule has 2 rings (SSSR count). The molecule has 0 aliphatic heterocycles. The van der Waals surface area contributed by atoms with E-state index < -0.39 is 27.2 Å². The van der Waals surface area contributed by atoms with Gasteiger partial charge in [-0.25, -0.2) is 13.2 Å². The predicted molar refractivity (Wildman–Crippen MR) is 120 cm³/mol. The molecule has 11 heteroatoms. The fourth-order valence-corrected chi connectivity index (χ4v) is 4.38. The zero-order valence-electron chi connectivity index (χ0n) is 18.4. The van der Waals surface area contributed by atoms with Crippen LogP contribution in [0.3, 0.4) is 0 Å². The summed E-state index contributed by atoms with van der Waals surface area (Å²) in [7, 11) is -0.994. The summed E-state index contributed by atoms with van der Waals surface area (Å²) in [6.45, 7) is 5.72. The third-order valence-electron chi connectivity index (χ3n) is 5.07. The van der Waals surface area contributed by atoms with Crippen molar-refractivity contribution in [2.75, 3.05) is 24.7 Å². The molecule has 1 aromatic heterocycles. The Balaban J connectivity index is 2.50. The molecule has 1 heterocycles. The Morgan fingerprint density at radius 3 is 2.45 bits per heavy atom. The van der Waals surface area contributed by atoms with Gasteiger partial charge >= 0.3 is 5.69 Å². The minimum Gasteiger partial charge on any atom is -0.383 e. The van der Waals surface area contributed by atoms with Crippen LogP contribution in [-0.4, -0.2) is 48.3 Å². The number of H-pyrrole nitrogens is 1. The van der Waals surface area contributed by atoms with Crippen molar-refractivity contribution in [3.63, 3.8) is 0 Å². The van der Waals surface area contributed by atoms with E-state index in [1.54, 1.807) is 13.8 Å². The highest BCUT2D eigenvalue weighted by Gasteiger charge is 2.26. The molecule has 0 bridgehead atoms. The van der Waals surface area contributed by atoms with E-state index in [2.05, 4.69) is 4.98 Å². The van der Waals surface area contributed by atoms with Crippen LogP contribution in [-0.2, 0) is 16.6 Å². The fourth-order valence-electron chi connectivity index (χ4n) is 2.97. The van der Waals surface area contributed by atoms with E-state index in [-0.39, 0.29) is 28.0 Å². The first-order valence-corrected chi connectivity index (χ1v) is 11.4. The highest BCUT2D eigenvalue weighted by atomic mass is 32.2. The number of carbonyl (C=O) groups is 1. The molecule has 0 fully saturated rings. The lowest BCUT2D eigenvalue weighted by Gasteiger charge is -2.22. The van der Waals surface area contributed by atoms with Crippen LogP contribution in [0.4, 0.5) is 11.5 Å². The second-order valence-electron chi connectivity index (χ2n) is 7.51. The average molecular weight is 452 g/mol. The molecule has 3 N–H and O–H groups in total. The van der Waals surface area contributed by atoms with Gasteiger partial charge in [0.15, 0.2) is 5.69 Å². The number of aromatic nitrogens is 2. The summed E-state index contributed by atoms with van der Waals surface area (Å²) in [4.78, 5) is 40.7. The fraction of sp³-hybridized carbons (Fsp3) is 0.450. The first-order chi connectivity index (χ1) is 14.4. The number of hydrogen-bond acceptors (Lipinski definition) is 6. The largest absolute Gasteiger partial charge is 0.383 e. The maximum atomic E-state index is 13.1. The van der Waals surface area contributed by atoms with Crippen LogP contribution in [0.5, 0.6) is 0 Å². The smallest absolute Gasteiger partial charge is 0.330 e. The van der Waals surface area contributed by atoms with Gasteiger partial charge in [0.25, 0.3) is 11.5 Å². The molecule has 10 nitrogen and oxygen atoms in total. The van der Waals surface area contributed by atoms with Crippen molar-refractivity contribution in [3.8, 4) is 0 Å². The molecule has 2 aromatic rings. The molecule has 31 heavy (non-hydrogen) atoms. The van der Waals surface area contributed by atoms with E-state index >= 15 is 0 Å². The Morgan fingerprint density at radius 1 is 1.23 bits per heavy atom. The Bertz CT molecular complexity index is 1180. The number of nitrogens with zero attached hydrogens (tertiary/aromatic N) is 3. The van der Waals surface area contributed by atoms with Gasteiger partial charge in [0.2, 0.25) is 10.0 Å². The lowest BCUT2D eigenvalue weighted by Crippen LogP contribution is -2.39. The normalized spacial score (nSPS) is 11.8. The van der Waals surface area contributed by atoms with Crippen molar-refractivity contribution in [3.05, 3.63) is 50.7 Å².